The van der Waals surface area contributed by atoms with Crippen LogP contribution in [0.1, 0.15) is 5.56 Å². The Kier molecular flexibility index (Phi) is 5.00. The predicted octanol–water partition coefficient (Wildman–Crippen LogP) is 2.70. The quantitative estimate of drug-likeness (QED) is 0.834. The monoisotopic (exact) mass is 305 g/mol. The number of hydrogen-bond donors (Lipinski definition) is 1. The van der Waals surface area contributed by atoms with Gasteiger partial charge < -0.3 is 10.1 Å². The van der Waals surface area contributed by atoms with Gasteiger partial charge >= 0.3 is 0 Å². The van der Waals surface area contributed by atoms with Gasteiger partial charge in [0.15, 0.2) is 0 Å². The third-order valence-corrected chi connectivity index (χ3v) is 3.31. The number of methoxy groups -OCH3 is 1. The van der Waals surface area contributed by atoms with Crippen LogP contribution in [0.15, 0.2) is 47.9 Å². The zero-order valence-electron chi connectivity index (χ0n) is 11.7. The van der Waals surface area contributed by atoms with Crippen molar-refractivity contribution in [3.8, 4) is 5.75 Å². The third kappa shape index (κ3) is 3.44. The first-order chi connectivity index (χ1) is 10.2. The summed E-state index contributed by atoms with van der Waals surface area (Å²) in [6, 6.07) is 7.62. The maximum absolute atomic E-state index is 12.0. The zero-order chi connectivity index (χ0) is 15.2. The van der Waals surface area contributed by atoms with Crippen LogP contribution >= 0.6 is 11.6 Å². The number of nitrogens with zero attached hydrogens (tertiary/aromatic N) is 2. The first kappa shape index (κ1) is 15.1. The number of para-hydroxylation sites is 1. The molecule has 0 atom stereocenters. The zero-order valence-corrected chi connectivity index (χ0v) is 12.4. The highest BCUT2D eigenvalue weighted by atomic mass is 35.5. The molecule has 1 N–H and O–H groups in total. The lowest BCUT2D eigenvalue weighted by Gasteiger charge is -2.11. The average Bonchev–Trinajstić information content (AvgIpc) is 2.51. The lowest BCUT2D eigenvalue weighted by Crippen LogP contribution is -2.23. The molecule has 0 unspecified atom stereocenters. The molecular weight excluding hydrogens is 290 g/mol. The van der Waals surface area contributed by atoms with Crippen molar-refractivity contribution in [2.75, 3.05) is 12.4 Å². The molecule has 2 aromatic rings. The molecule has 0 fully saturated rings. The number of benzene rings is 1. The highest BCUT2D eigenvalue weighted by Crippen LogP contribution is 2.21. The van der Waals surface area contributed by atoms with Crippen LogP contribution in [-0.2, 0) is 13.1 Å². The molecule has 0 saturated heterocycles. The van der Waals surface area contributed by atoms with E-state index in [1.54, 1.807) is 13.2 Å². The van der Waals surface area contributed by atoms with Crippen LogP contribution in [-0.4, -0.2) is 16.9 Å². The fourth-order valence-electron chi connectivity index (χ4n) is 1.88. The van der Waals surface area contributed by atoms with Crippen LogP contribution in [0, 0.1) is 0 Å². The Hall–Kier alpha value is -2.27. The largest absolute Gasteiger partial charge is 0.496 e. The molecular formula is C15H16ClN3O2. The molecule has 110 valence electrons. The molecule has 1 aromatic heterocycles. The van der Waals surface area contributed by atoms with Crippen LogP contribution in [0.3, 0.4) is 0 Å². The molecule has 0 aliphatic rings. The Morgan fingerprint density at radius 2 is 2.24 bits per heavy atom. The number of hydrogen-bond acceptors (Lipinski definition) is 4. The van der Waals surface area contributed by atoms with Crippen LogP contribution in [0.5, 0.6) is 5.75 Å². The van der Waals surface area contributed by atoms with E-state index in [2.05, 4.69) is 17.0 Å². The molecule has 0 amide bonds. The number of allylic oxidation sites excluding steroid dienone is 1. The number of rotatable bonds is 6. The molecule has 2 rings (SSSR count). The van der Waals surface area contributed by atoms with Gasteiger partial charge in [-0.3, -0.25) is 4.79 Å². The van der Waals surface area contributed by atoms with Crippen molar-refractivity contribution >= 4 is 17.3 Å². The van der Waals surface area contributed by atoms with Gasteiger partial charge in [-0.25, -0.2) is 4.68 Å². The van der Waals surface area contributed by atoms with E-state index in [1.165, 1.54) is 10.9 Å². The summed E-state index contributed by atoms with van der Waals surface area (Å²) in [6.07, 6.45) is 3.12. The smallest absolute Gasteiger partial charge is 0.287 e. The van der Waals surface area contributed by atoms with Gasteiger partial charge in [-0.05, 0) is 6.07 Å². The summed E-state index contributed by atoms with van der Waals surface area (Å²) < 4.78 is 6.53. The molecule has 0 aliphatic carbocycles. The maximum Gasteiger partial charge on any atom is 0.287 e. The van der Waals surface area contributed by atoms with E-state index >= 15 is 0 Å². The van der Waals surface area contributed by atoms with Crippen molar-refractivity contribution in [3.05, 3.63) is 64.1 Å². The average molecular weight is 306 g/mol. The summed E-state index contributed by atoms with van der Waals surface area (Å²) in [7, 11) is 1.61. The van der Waals surface area contributed by atoms with E-state index in [1.807, 2.05) is 24.3 Å². The van der Waals surface area contributed by atoms with Crippen molar-refractivity contribution in [2.24, 2.45) is 0 Å². The molecule has 1 heterocycles. The maximum atomic E-state index is 12.0. The predicted molar refractivity (Wildman–Crippen MR) is 84.0 cm³/mol. The Balaban J connectivity index is 2.19. The van der Waals surface area contributed by atoms with Gasteiger partial charge in [-0.2, -0.15) is 5.10 Å². The normalized spacial score (nSPS) is 10.2. The first-order valence-electron chi connectivity index (χ1n) is 6.39. The second-order valence-electron chi connectivity index (χ2n) is 4.31. The number of anilines is 1. The van der Waals surface area contributed by atoms with Gasteiger partial charge in [0, 0.05) is 12.1 Å². The SMILES string of the molecule is C=CCn1ncc(NCc2ccccc2OC)c(Cl)c1=O. The van der Waals surface area contributed by atoms with Crippen molar-refractivity contribution < 1.29 is 4.74 Å². The van der Waals surface area contributed by atoms with Crippen molar-refractivity contribution in [3.63, 3.8) is 0 Å². The number of aromatic nitrogens is 2. The number of ether oxygens (including phenoxy) is 1. The highest BCUT2D eigenvalue weighted by Gasteiger charge is 2.09. The topological polar surface area (TPSA) is 56.1 Å². The van der Waals surface area contributed by atoms with Gasteiger partial charge in [0.1, 0.15) is 10.8 Å². The molecule has 0 aliphatic heterocycles. The van der Waals surface area contributed by atoms with Gasteiger partial charge in [-0.15, -0.1) is 6.58 Å². The lowest BCUT2D eigenvalue weighted by molar-refractivity contribution is 0.410. The first-order valence-corrected chi connectivity index (χ1v) is 6.77. The number of halogens is 1. The summed E-state index contributed by atoms with van der Waals surface area (Å²) in [4.78, 5) is 12.0. The summed E-state index contributed by atoms with van der Waals surface area (Å²) in [5.74, 6) is 0.772. The Bertz CT molecular complexity index is 698. The van der Waals surface area contributed by atoms with Gasteiger partial charge in [-0.1, -0.05) is 35.9 Å². The fraction of sp³-hybridized carbons (Fsp3) is 0.200. The minimum absolute atomic E-state index is 0.113. The van der Waals surface area contributed by atoms with E-state index in [0.29, 0.717) is 18.8 Å². The molecule has 0 radical (unpaired) electrons. The fourth-order valence-corrected chi connectivity index (χ4v) is 2.09. The van der Waals surface area contributed by atoms with E-state index < -0.39 is 0 Å². The van der Waals surface area contributed by atoms with Crippen LogP contribution in [0.25, 0.3) is 0 Å². The summed E-state index contributed by atoms with van der Waals surface area (Å²) in [6.45, 7) is 4.38. The Labute approximate surface area is 127 Å². The minimum Gasteiger partial charge on any atom is -0.496 e. The third-order valence-electron chi connectivity index (χ3n) is 2.95. The summed E-state index contributed by atoms with van der Waals surface area (Å²) in [5.41, 5.74) is 1.11. The van der Waals surface area contributed by atoms with Crippen LogP contribution < -0.4 is 15.6 Å². The molecule has 5 nitrogen and oxygen atoms in total. The van der Waals surface area contributed by atoms with Gasteiger partial charge in [0.2, 0.25) is 0 Å². The molecule has 0 bridgehead atoms. The molecule has 0 saturated carbocycles. The van der Waals surface area contributed by atoms with E-state index in [9.17, 15) is 4.79 Å². The summed E-state index contributed by atoms with van der Waals surface area (Å²) >= 11 is 6.07. The second kappa shape index (κ2) is 6.95. The standard InChI is InChI=1S/C15H16ClN3O2/c1-3-8-19-15(20)14(16)12(10-18-19)17-9-11-6-4-5-7-13(11)21-2/h3-7,10,17H,1,8-9H2,2H3. The lowest BCUT2D eigenvalue weighted by atomic mass is 10.2. The Morgan fingerprint density at radius 1 is 1.48 bits per heavy atom. The van der Waals surface area contributed by atoms with Crippen LogP contribution in [0.2, 0.25) is 5.02 Å². The van der Waals surface area contributed by atoms with E-state index in [4.69, 9.17) is 16.3 Å². The summed E-state index contributed by atoms with van der Waals surface area (Å²) in [5, 5.41) is 7.25. The van der Waals surface area contributed by atoms with E-state index in [0.717, 1.165) is 11.3 Å². The van der Waals surface area contributed by atoms with Crippen LogP contribution in [0.4, 0.5) is 5.69 Å². The Morgan fingerprint density at radius 3 is 2.95 bits per heavy atom. The van der Waals surface area contributed by atoms with Gasteiger partial charge in [0.25, 0.3) is 5.56 Å². The van der Waals surface area contributed by atoms with Crippen molar-refractivity contribution in [1.82, 2.24) is 9.78 Å². The van der Waals surface area contributed by atoms with Crippen molar-refractivity contribution in [1.29, 1.82) is 0 Å². The van der Waals surface area contributed by atoms with Gasteiger partial charge in [0.05, 0.1) is 25.5 Å². The highest BCUT2D eigenvalue weighted by molar-refractivity contribution is 6.32. The van der Waals surface area contributed by atoms with E-state index in [-0.39, 0.29) is 10.6 Å². The molecule has 1 aromatic carbocycles. The number of nitrogens with one attached hydrogen (secondary N) is 1. The molecule has 21 heavy (non-hydrogen) atoms. The molecule has 6 heteroatoms. The minimum atomic E-state index is -0.346. The van der Waals surface area contributed by atoms with Crippen molar-refractivity contribution in [2.45, 2.75) is 13.1 Å². The second-order valence-corrected chi connectivity index (χ2v) is 4.69. The molecule has 0 spiro atoms.